The Hall–Kier alpha value is -4.61. The van der Waals surface area contributed by atoms with Gasteiger partial charge in [-0.25, -0.2) is 9.78 Å². The maximum Gasteiger partial charge on any atom is 0.333 e. The number of ether oxygens (including phenoxy) is 5. The third-order valence-electron chi connectivity index (χ3n) is 13.0. The normalized spacial score (nSPS) is 29.3. The minimum Gasteiger partial charge on any atom is -0.492 e. The number of unbranched alkanes of at least 4 members (excludes halogenated alkanes) is 1. The van der Waals surface area contributed by atoms with Crippen molar-refractivity contribution in [3.63, 3.8) is 0 Å². The molecule has 6 unspecified atom stereocenters. The molecule has 4 fully saturated rings. The molecule has 1 aromatic heterocycles. The number of aromatic nitrogens is 2. The number of aliphatic hydroxyl groups excluding tert-OH is 1. The lowest BCUT2D eigenvalue weighted by Gasteiger charge is -2.62. The number of anilines is 1. The molecule has 2 aromatic rings. The fourth-order valence-electron chi connectivity index (χ4n) is 10.4. The van der Waals surface area contributed by atoms with Crippen LogP contribution in [0, 0.1) is 11.8 Å². The van der Waals surface area contributed by atoms with E-state index in [9.17, 15) is 9.90 Å². The molecule has 3 aliphatic carbocycles. The second-order valence-electron chi connectivity index (χ2n) is 17.8. The van der Waals surface area contributed by atoms with Crippen LogP contribution in [-0.4, -0.2) is 69.1 Å². The molecule has 5 heterocycles. The smallest absolute Gasteiger partial charge is 0.333 e. The van der Waals surface area contributed by atoms with Crippen molar-refractivity contribution >= 4 is 29.5 Å². The lowest BCUT2D eigenvalue weighted by Crippen LogP contribution is -2.75. The SMILES string of the molecule is COC(=O)/C(C)=C\CC12OC(C)(C)C3CC(C1=O)C1C4=C(Nc5nccn51)c1c(OCCCCO)c5c(c(CC=C(C)C)c1OC432)OC(C)(CCC=C(C)C)C=C5. The van der Waals surface area contributed by atoms with Gasteiger partial charge in [0, 0.05) is 54.0 Å². The lowest BCUT2D eigenvalue weighted by molar-refractivity contribution is -0.181. The van der Waals surface area contributed by atoms with Crippen molar-refractivity contribution in [1.82, 2.24) is 9.55 Å². The molecule has 11 nitrogen and oxygen atoms in total. The predicted molar refractivity (Wildman–Crippen MR) is 218 cm³/mol. The van der Waals surface area contributed by atoms with Gasteiger partial charge in [-0.3, -0.25) is 4.79 Å². The van der Waals surface area contributed by atoms with Crippen LogP contribution in [0.25, 0.3) is 11.8 Å². The van der Waals surface area contributed by atoms with E-state index in [0.717, 1.165) is 46.4 Å². The first kappa shape index (κ1) is 39.2. The van der Waals surface area contributed by atoms with Gasteiger partial charge in [-0.1, -0.05) is 29.4 Å². The maximum absolute atomic E-state index is 15.4. The number of Topliss-reactive ketones (excluding diaryl/α,β-unsaturated/α-hetero) is 1. The number of ketones is 1. The van der Waals surface area contributed by atoms with E-state index in [4.69, 9.17) is 28.7 Å². The van der Waals surface area contributed by atoms with E-state index in [1.165, 1.54) is 12.7 Å². The predicted octanol–water partition coefficient (Wildman–Crippen LogP) is 8.24. The van der Waals surface area contributed by atoms with E-state index in [2.05, 4.69) is 82.7 Å². The van der Waals surface area contributed by atoms with Gasteiger partial charge in [0.2, 0.25) is 5.95 Å². The Bertz CT molecular complexity index is 2180. The summed E-state index contributed by atoms with van der Waals surface area (Å²) in [6.07, 6.45) is 18.2. The Labute approximate surface area is 335 Å². The number of nitrogens with zero attached hydrogens (tertiary/aromatic N) is 2. The third-order valence-corrected chi connectivity index (χ3v) is 13.0. The van der Waals surface area contributed by atoms with Crippen LogP contribution in [0.2, 0.25) is 0 Å². The van der Waals surface area contributed by atoms with Crippen LogP contribution >= 0.6 is 0 Å². The first-order valence-corrected chi connectivity index (χ1v) is 20.5. The van der Waals surface area contributed by atoms with Gasteiger partial charge in [0.1, 0.15) is 22.8 Å². The molecule has 7 aliphatic rings. The number of imidazole rings is 1. The van der Waals surface area contributed by atoms with E-state index in [1.807, 2.05) is 6.20 Å². The standard InChI is InChI=1S/C46H57N3O8/c1-26(2)13-12-18-44(8)19-17-30-37(55-44)29(15-14-27(3)4)39-33(38(30)54-24-11-10-23-50)35-34-36(49-22-21-47-42(49)48-35)31-25-32-43(6,7)57-45(40(31)51,46(32,34)56-39)20-16-28(5)41(52)53-9/h13-14,16-17,19,21-22,31-32,36,50H,10-12,15,18,20,23-25H2,1-9H3,(H,47,48)/b28-16-. The quantitative estimate of drug-likeness (QED) is 0.0888. The average Bonchev–Trinajstić information content (AvgIpc) is 3.69. The van der Waals surface area contributed by atoms with Gasteiger partial charge in [0.05, 0.1) is 42.2 Å². The van der Waals surface area contributed by atoms with Crippen molar-refractivity contribution in [1.29, 1.82) is 0 Å². The van der Waals surface area contributed by atoms with Crippen molar-refractivity contribution in [2.75, 3.05) is 25.6 Å². The van der Waals surface area contributed by atoms with E-state index in [1.54, 1.807) is 19.2 Å². The van der Waals surface area contributed by atoms with Crippen LogP contribution < -0.4 is 19.5 Å². The first-order chi connectivity index (χ1) is 27.1. The zero-order chi connectivity index (χ0) is 40.7. The molecule has 1 saturated heterocycles. The largest absolute Gasteiger partial charge is 0.492 e. The molecule has 0 amide bonds. The number of methoxy groups -OCH3 is 1. The topological polar surface area (TPSA) is 130 Å². The Kier molecular flexibility index (Phi) is 9.67. The fourth-order valence-corrected chi connectivity index (χ4v) is 10.4. The zero-order valence-electron chi connectivity index (χ0n) is 34.8. The van der Waals surface area contributed by atoms with Gasteiger partial charge in [-0.05, 0) is 106 Å². The molecule has 3 saturated carbocycles. The molecule has 4 aliphatic heterocycles. The molecule has 1 spiro atoms. The van der Waals surface area contributed by atoms with Gasteiger partial charge in [0.25, 0.3) is 0 Å². The summed E-state index contributed by atoms with van der Waals surface area (Å²) in [7, 11) is 1.36. The number of rotatable bonds is 13. The molecule has 1 aromatic carbocycles. The number of allylic oxidation sites excluding steroid dienone is 4. The fraction of sp³-hybridized carbons (Fsp3) is 0.543. The number of nitrogens with one attached hydrogen (secondary N) is 1. The number of esters is 1. The van der Waals surface area contributed by atoms with Crippen molar-refractivity contribution < 1.29 is 38.4 Å². The van der Waals surface area contributed by atoms with Crippen LogP contribution in [-0.2, 0) is 25.5 Å². The highest BCUT2D eigenvalue weighted by Gasteiger charge is 2.84. The molecule has 11 heteroatoms. The van der Waals surface area contributed by atoms with Crippen LogP contribution in [0.15, 0.2) is 59.0 Å². The van der Waals surface area contributed by atoms with Gasteiger partial charge in [-0.15, -0.1) is 0 Å². The Morgan fingerprint density at radius 2 is 1.84 bits per heavy atom. The zero-order valence-corrected chi connectivity index (χ0v) is 34.8. The monoisotopic (exact) mass is 779 g/mol. The summed E-state index contributed by atoms with van der Waals surface area (Å²) in [6, 6.07) is -0.378. The van der Waals surface area contributed by atoms with Crippen LogP contribution in [0.4, 0.5) is 5.95 Å². The second kappa shape index (κ2) is 14.0. The summed E-state index contributed by atoms with van der Waals surface area (Å²) >= 11 is 0. The number of aliphatic hydroxyl groups is 1. The molecule has 6 atom stereocenters. The van der Waals surface area contributed by atoms with Gasteiger partial charge in [0.15, 0.2) is 17.0 Å². The van der Waals surface area contributed by atoms with Crippen LogP contribution in [0.3, 0.4) is 0 Å². The van der Waals surface area contributed by atoms with E-state index in [-0.39, 0.29) is 30.8 Å². The highest BCUT2D eigenvalue weighted by Crippen LogP contribution is 2.74. The summed E-state index contributed by atoms with van der Waals surface area (Å²) in [5, 5.41) is 13.4. The number of fused-ring (bicyclic) bond motifs is 4. The van der Waals surface area contributed by atoms with E-state index >= 15 is 4.79 Å². The van der Waals surface area contributed by atoms with Gasteiger partial charge in [-0.2, -0.15) is 0 Å². The summed E-state index contributed by atoms with van der Waals surface area (Å²) in [4.78, 5) is 32.9. The van der Waals surface area contributed by atoms with Crippen molar-refractivity contribution in [3.05, 3.63) is 75.7 Å². The number of hydrogen-bond donors (Lipinski definition) is 2. The highest BCUT2D eigenvalue weighted by molar-refractivity contribution is 6.02. The highest BCUT2D eigenvalue weighted by atomic mass is 16.6. The second-order valence-corrected chi connectivity index (χ2v) is 17.8. The number of hydrogen-bond acceptors (Lipinski definition) is 10. The summed E-state index contributed by atoms with van der Waals surface area (Å²) in [5.74, 6) is 1.39. The average molecular weight is 780 g/mol. The van der Waals surface area contributed by atoms with Crippen molar-refractivity contribution in [2.45, 2.75) is 129 Å². The summed E-state index contributed by atoms with van der Waals surface area (Å²) in [6.45, 7) is 16.8. The van der Waals surface area contributed by atoms with Gasteiger partial charge < -0.3 is 38.7 Å². The molecule has 2 N–H and O–H groups in total. The Morgan fingerprint density at radius 1 is 1.07 bits per heavy atom. The van der Waals surface area contributed by atoms with E-state index < -0.39 is 34.3 Å². The van der Waals surface area contributed by atoms with Crippen LogP contribution in [0.1, 0.15) is 117 Å². The Balaban J connectivity index is 1.43. The maximum atomic E-state index is 15.4. The van der Waals surface area contributed by atoms with E-state index in [0.29, 0.717) is 61.1 Å². The molecule has 57 heavy (non-hydrogen) atoms. The number of carbonyl (C=O) groups excluding carboxylic acids is 2. The molecule has 304 valence electrons. The Morgan fingerprint density at radius 3 is 2.56 bits per heavy atom. The lowest BCUT2D eigenvalue weighted by atomic mass is 9.47. The minimum absolute atomic E-state index is 0.0355. The molecule has 4 bridgehead atoms. The van der Waals surface area contributed by atoms with Crippen LogP contribution in [0.5, 0.6) is 17.2 Å². The molecule has 0 radical (unpaired) electrons. The summed E-state index contributed by atoms with van der Waals surface area (Å²) in [5.41, 5.74) is 2.90. The molecular weight excluding hydrogens is 723 g/mol. The molecular formula is C46H57N3O8. The summed E-state index contributed by atoms with van der Waals surface area (Å²) < 4.78 is 36.2. The third kappa shape index (κ3) is 5.85. The molecule has 9 rings (SSSR count). The minimum atomic E-state index is -1.46. The van der Waals surface area contributed by atoms with Gasteiger partial charge >= 0.3 is 5.97 Å². The van der Waals surface area contributed by atoms with Crippen molar-refractivity contribution in [3.8, 4) is 17.2 Å². The van der Waals surface area contributed by atoms with Crippen molar-refractivity contribution in [2.24, 2.45) is 11.8 Å². The number of benzene rings is 1. The first-order valence-electron chi connectivity index (χ1n) is 20.5. The number of carbonyl (C=O) groups is 2.